The minimum Gasteiger partial charge on any atom is -0.396 e. The molecule has 1 aromatic carbocycles. The van der Waals surface area contributed by atoms with Gasteiger partial charge in [0.15, 0.2) is 0 Å². The predicted octanol–water partition coefficient (Wildman–Crippen LogP) is 2.81. The molecule has 0 bridgehead atoms. The van der Waals surface area contributed by atoms with Crippen LogP contribution < -0.4 is 0 Å². The van der Waals surface area contributed by atoms with E-state index in [4.69, 9.17) is 28.3 Å². The summed E-state index contributed by atoms with van der Waals surface area (Å²) >= 11 is 12.2. The topological polar surface area (TPSA) is 50.9 Å². The SMILES string of the molecule is Cc1cc(Cl)c(-n2cc(CCCO)nn2)cc1Cl. The van der Waals surface area contributed by atoms with Crippen molar-refractivity contribution in [2.45, 2.75) is 19.8 Å². The van der Waals surface area contributed by atoms with Crippen molar-refractivity contribution in [3.05, 3.63) is 39.6 Å². The molecule has 0 aliphatic heterocycles. The molecule has 0 saturated heterocycles. The molecule has 0 fully saturated rings. The Balaban J connectivity index is 2.31. The summed E-state index contributed by atoms with van der Waals surface area (Å²) in [5, 5.41) is 18.0. The maximum absolute atomic E-state index is 8.77. The van der Waals surface area contributed by atoms with E-state index in [1.54, 1.807) is 23.0 Å². The van der Waals surface area contributed by atoms with Gasteiger partial charge in [-0.1, -0.05) is 28.4 Å². The second-order valence-corrected chi connectivity index (χ2v) is 4.85. The normalized spacial score (nSPS) is 10.9. The Hall–Kier alpha value is -1.10. The van der Waals surface area contributed by atoms with Crippen LogP contribution in [0.25, 0.3) is 5.69 Å². The van der Waals surface area contributed by atoms with Crippen LogP contribution in [-0.2, 0) is 6.42 Å². The molecule has 0 aliphatic rings. The molecule has 0 radical (unpaired) electrons. The van der Waals surface area contributed by atoms with Gasteiger partial charge in [-0.25, -0.2) is 4.68 Å². The number of nitrogens with zero attached hydrogens (tertiary/aromatic N) is 3. The molecule has 1 aromatic heterocycles. The van der Waals surface area contributed by atoms with Gasteiger partial charge in [0, 0.05) is 11.6 Å². The van der Waals surface area contributed by atoms with E-state index in [1.165, 1.54) is 0 Å². The molecular weight excluding hydrogens is 273 g/mol. The molecule has 2 rings (SSSR count). The van der Waals surface area contributed by atoms with Crippen LogP contribution in [-0.4, -0.2) is 26.7 Å². The van der Waals surface area contributed by atoms with Crippen molar-refractivity contribution >= 4 is 23.2 Å². The number of halogens is 2. The Bertz CT molecular complexity index is 554. The molecule has 0 unspecified atom stereocenters. The number of aromatic nitrogens is 3. The molecule has 0 saturated carbocycles. The molecule has 6 heteroatoms. The zero-order valence-corrected chi connectivity index (χ0v) is 11.4. The molecule has 18 heavy (non-hydrogen) atoms. The minimum atomic E-state index is 0.143. The average molecular weight is 286 g/mol. The number of hydrogen-bond donors (Lipinski definition) is 1. The lowest BCUT2D eigenvalue weighted by Gasteiger charge is -2.06. The lowest BCUT2D eigenvalue weighted by atomic mass is 10.2. The van der Waals surface area contributed by atoms with Gasteiger partial charge in [-0.2, -0.15) is 0 Å². The molecular formula is C12H13Cl2N3O. The first-order chi connectivity index (χ1) is 8.61. The third-order valence-corrected chi connectivity index (χ3v) is 3.32. The fourth-order valence-electron chi connectivity index (χ4n) is 1.60. The summed E-state index contributed by atoms with van der Waals surface area (Å²) in [7, 11) is 0. The van der Waals surface area contributed by atoms with E-state index >= 15 is 0 Å². The summed E-state index contributed by atoms with van der Waals surface area (Å²) in [5.41, 5.74) is 2.44. The van der Waals surface area contributed by atoms with Gasteiger partial charge >= 0.3 is 0 Å². The lowest BCUT2D eigenvalue weighted by molar-refractivity contribution is 0.288. The van der Waals surface area contributed by atoms with Crippen molar-refractivity contribution in [2.75, 3.05) is 6.61 Å². The van der Waals surface area contributed by atoms with Gasteiger partial charge in [-0.15, -0.1) is 5.10 Å². The molecule has 1 heterocycles. The zero-order chi connectivity index (χ0) is 13.1. The predicted molar refractivity (Wildman–Crippen MR) is 71.5 cm³/mol. The summed E-state index contributed by atoms with van der Waals surface area (Å²) in [4.78, 5) is 0. The van der Waals surface area contributed by atoms with E-state index < -0.39 is 0 Å². The standard InChI is InChI=1S/C12H13Cl2N3O/c1-8-5-11(14)12(6-10(8)13)17-7-9(15-16-17)3-2-4-18/h5-7,18H,2-4H2,1H3. The third kappa shape index (κ3) is 2.83. The van der Waals surface area contributed by atoms with E-state index in [9.17, 15) is 0 Å². The number of rotatable bonds is 4. The van der Waals surface area contributed by atoms with E-state index in [0.29, 0.717) is 28.6 Å². The molecule has 2 aromatic rings. The Morgan fingerprint density at radius 3 is 2.78 bits per heavy atom. The van der Waals surface area contributed by atoms with Crippen molar-refractivity contribution in [2.24, 2.45) is 0 Å². The maximum Gasteiger partial charge on any atom is 0.0864 e. The summed E-state index contributed by atoms with van der Waals surface area (Å²) in [5.74, 6) is 0. The van der Waals surface area contributed by atoms with Crippen molar-refractivity contribution in [1.82, 2.24) is 15.0 Å². The smallest absolute Gasteiger partial charge is 0.0864 e. The first-order valence-corrected chi connectivity index (χ1v) is 6.35. The lowest BCUT2D eigenvalue weighted by Crippen LogP contribution is -1.96. The largest absolute Gasteiger partial charge is 0.396 e. The monoisotopic (exact) mass is 285 g/mol. The van der Waals surface area contributed by atoms with Crippen LogP contribution in [0, 0.1) is 6.92 Å². The Labute approximate surface area is 115 Å². The van der Waals surface area contributed by atoms with Crippen molar-refractivity contribution < 1.29 is 5.11 Å². The van der Waals surface area contributed by atoms with Crippen LogP contribution in [0.3, 0.4) is 0 Å². The van der Waals surface area contributed by atoms with E-state index in [2.05, 4.69) is 10.3 Å². The fraction of sp³-hybridized carbons (Fsp3) is 0.333. The van der Waals surface area contributed by atoms with Gasteiger partial charge in [0.25, 0.3) is 0 Å². The van der Waals surface area contributed by atoms with Gasteiger partial charge in [0.2, 0.25) is 0 Å². The summed E-state index contributed by atoms with van der Waals surface area (Å²) in [6.07, 6.45) is 3.15. The van der Waals surface area contributed by atoms with Gasteiger partial charge in [-0.05, 0) is 37.5 Å². The second-order valence-electron chi connectivity index (χ2n) is 4.03. The zero-order valence-electron chi connectivity index (χ0n) is 9.90. The van der Waals surface area contributed by atoms with Crippen LogP contribution in [0.5, 0.6) is 0 Å². The Morgan fingerprint density at radius 1 is 1.28 bits per heavy atom. The molecule has 0 amide bonds. The molecule has 0 spiro atoms. The highest BCUT2D eigenvalue weighted by atomic mass is 35.5. The fourth-order valence-corrected chi connectivity index (χ4v) is 2.06. The summed E-state index contributed by atoms with van der Waals surface area (Å²) < 4.78 is 1.60. The summed E-state index contributed by atoms with van der Waals surface area (Å²) in [6, 6.07) is 3.57. The Morgan fingerprint density at radius 2 is 2.06 bits per heavy atom. The quantitative estimate of drug-likeness (QED) is 0.940. The van der Waals surface area contributed by atoms with Crippen molar-refractivity contribution in [1.29, 1.82) is 0 Å². The van der Waals surface area contributed by atoms with E-state index in [1.807, 2.05) is 6.92 Å². The number of benzene rings is 1. The van der Waals surface area contributed by atoms with E-state index in [0.717, 1.165) is 11.3 Å². The van der Waals surface area contributed by atoms with Crippen LogP contribution in [0.4, 0.5) is 0 Å². The number of hydrogen-bond acceptors (Lipinski definition) is 3. The molecule has 96 valence electrons. The van der Waals surface area contributed by atoms with E-state index in [-0.39, 0.29) is 6.61 Å². The molecule has 0 atom stereocenters. The van der Waals surface area contributed by atoms with Gasteiger partial charge < -0.3 is 5.11 Å². The van der Waals surface area contributed by atoms with Crippen LogP contribution >= 0.6 is 23.2 Å². The third-order valence-electron chi connectivity index (χ3n) is 2.61. The van der Waals surface area contributed by atoms with Gasteiger partial charge in [0.05, 0.1) is 22.6 Å². The average Bonchev–Trinajstić information content (AvgIpc) is 2.79. The van der Waals surface area contributed by atoms with Gasteiger partial charge in [-0.3, -0.25) is 0 Å². The number of aliphatic hydroxyl groups is 1. The van der Waals surface area contributed by atoms with Crippen molar-refractivity contribution in [3.63, 3.8) is 0 Å². The Kier molecular flexibility index (Phi) is 4.22. The van der Waals surface area contributed by atoms with Gasteiger partial charge in [0.1, 0.15) is 0 Å². The van der Waals surface area contributed by atoms with Crippen LogP contribution in [0.15, 0.2) is 18.3 Å². The molecule has 0 aliphatic carbocycles. The van der Waals surface area contributed by atoms with Crippen LogP contribution in [0.1, 0.15) is 17.7 Å². The number of aryl methyl sites for hydroxylation is 2. The first-order valence-electron chi connectivity index (χ1n) is 5.60. The second kappa shape index (κ2) is 5.69. The minimum absolute atomic E-state index is 0.143. The van der Waals surface area contributed by atoms with Crippen LogP contribution in [0.2, 0.25) is 10.0 Å². The highest BCUT2D eigenvalue weighted by Crippen LogP contribution is 2.27. The molecule has 4 nitrogen and oxygen atoms in total. The van der Waals surface area contributed by atoms with Crippen molar-refractivity contribution in [3.8, 4) is 5.69 Å². The molecule has 1 N–H and O–H groups in total. The number of aliphatic hydroxyl groups excluding tert-OH is 1. The first kappa shape index (κ1) is 13.3. The maximum atomic E-state index is 8.77. The highest BCUT2D eigenvalue weighted by molar-refractivity contribution is 6.35. The highest BCUT2D eigenvalue weighted by Gasteiger charge is 2.09. The summed E-state index contributed by atoms with van der Waals surface area (Å²) in [6.45, 7) is 2.04.